The summed E-state index contributed by atoms with van der Waals surface area (Å²) in [5, 5.41) is 0. The van der Waals surface area contributed by atoms with Crippen LogP contribution in [0.1, 0.15) is 53.4 Å². The molecule has 2 atom stereocenters. The maximum absolute atomic E-state index is 11.6. The number of fused-ring (bicyclic) bond motifs is 1. The minimum absolute atomic E-state index is 0.110. The molecule has 1 aromatic heterocycles. The number of aliphatic imine (C=N–C) groups is 1. The third-order valence-corrected chi connectivity index (χ3v) is 6.57. The van der Waals surface area contributed by atoms with Gasteiger partial charge in [-0.05, 0) is 61.6 Å². The van der Waals surface area contributed by atoms with Crippen molar-refractivity contribution in [3.05, 3.63) is 42.6 Å². The fourth-order valence-electron chi connectivity index (χ4n) is 3.64. The molecule has 2 saturated carbocycles. The molecule has 2 amide bonds. The Morgan fingerprint density at radius 3 is 2.17 bits per heavy atom. The van der Waals surface area contributed by atoms with E-state index >= 15 is 0 Å². The Morgan fingerprint density at radius 2 is 1.71 bits per heavy atom. The number of likely N-dealkylation sites (tertiary alicyclic amines) is 1. The van der Waals surface area contributed by atoms with Gasteiger partial charge in [-0.15, -0.1) is 11.8 Å². The van der Waals surface area contributed by atoms with Crippen LogP contribution in [0.2, 0.25) is 0 Å². The van der Waals surface area contributed by atoms with E-state index in [0.717, 1.165) is 54.8 Å². The quantitative estimate of drug-likeness (QED) is 0.287. The number of carbonyl (C=O) groups excluding carboxylic acids is 1. The van der Waals surface area contributed by atoms with E-state index in [1.165, 1.54) is 17.7 Å². The van der Waals surface area contributed by atoms with Gasteiger partial charge in [-0.25, -0.2) is 4.79 Å². The predicted molar refractivity (Wildman–Crippen MR) is 148 cm³/mol. The lowest BCUT2D eigenvalue weighted by Crippen LogP contribution is -2.30. The first-order valence-electron chi connectivity index (χ1n) is 12.8. The Morgan fingerprint density at radius 1 is 1.11 bits per heavy atom. The van der Waals surface area contributed by atoms with Gasteiger partial charge >= 0.3 is 6.03 Å². The molecule has 0 radical (unpaired) electrons. The highest BCUT2D eigenvalue weighted by Crippen LogP contribution is 2.45. The lowest BCUT2D eigenvalue weighted by molar-refractivity contribution is 0.214. The first kappa shape index (κ1) is 28.7. The summed E-state index contributed by atoms with van der Waals surface area (Å²) in [6.07, 6.45) is 8.58. The van der Waals surface area contributed by atoms with Gasteiger partial charge in [0.25, 0.3) is 0 Å². The van der Waals surface area contributed by atoms with Gasteiger partial charge in [-0.3, -0.25) is 4.98 Å². The second kappa shape index (κ2) is 14.8. The van der Waals surface area contributed by atoms with E-state index < -0.39 is 0 Å². The molecule has 5 rings (SSSR count). The van der Waals surface area contributed by atoms with Crippen molar-refractivity contribution in [2.45, 2.75) is 58.3 Å². The molecule has 1 saturated heterocycles. The van der Waals surface area contributed by atoms with Crippen LogP contribution in [0.3, 0.4) is 0 Å². The van der Waals surface area contributed by atoms with Crippen LogP contribution >= 0.6 is 11.8 Å². The van der Waals surface area contributed by atoms with Crippen molar-refractivity contribution in [1.29, 1.82) is 0 Å². The Labute approximate surface area is 215 Å². The molecule has 0 bridgehead atoms. The number of piperidine rings is 1. The maximum Gasteiger partial charge on any atom is 0.345 e. The van der Waals surface area contributed by atoms with Gasteiger partial charge in [0, 0.05) is 29.5 Å². The summed E-state index contributed by atoms with van der Waals surface area (Å²) in [5.74, 6) is 3.28. The number of nitrogens with zero attached hydrogens (tertiary/aromatic N) is 3. The second-order valence-corrected chi connectivity index (χ2v) is 9.65. The molecule has 3 aliphatic rings. The third-order valence-electron chi connectivity index (χ3n) is 5.83. The molecule has 35 heavy (non-hydrogen) atoms. The fourth-order valence-corrected chi connectivity index (χ4v) is 4.05. The molecule has 2 aromatic rings. The molecule has 2 heterocycles. The van der Waals surface area contributed by atoms with Crippen LogP contribution in [-0.2, 0) is 0 Å². The smallest absolute Gasteiger partial charge is 0.345 e. The summed E-state index contributed by atoms with van der Waals surface area (Å²) < 4.78 is 5.08. The van der Waals surface area contributed by atoms with Gasteiger partial charge in [0.1, 0.15) is 11.6 Å². The summed E-state index contributed by atoms with van der Waals surface area (Å²) in [5.41, 5.74) is 7.79. The van der Waals surface area contributed by atoms with Crippen LogP contribution in [0.4, 0.5) is 4.79 Å². The number of nitrogens with two attached hydrogens (primary N) is 1. The molecule has 192 valence electrons. The van der Waals surface area contributed by atoms with Gasteiger partial charge in [0.05, 0.1) is 19.0 Å². The summed E-state index contributed by atoms with van der Waals surface area (Å²) in [6.45, 7) is 10.1. The summed E-state index contributed by atoms with van der Waals surface area (Å²) in [4.78, 5) is 23.0. The lowest BCUT2D eigenvalue weighted by atomic mass is 10.1. The van der Waals surface area contributed by atoms with Gasteiger partial charge in [0.15, 0.2) is 0 Å². The average molecular weight is 499 g/mol. The Balaban J connectivity index is 0.000000210. The number of amidine groups is 1. The average Bonchev–Trinajstić information content (AvgIpc) is 3.84. The molecule has 2 unspecified atom stereocenters. The number of aromatic nitrogens is 1. The number of carbonyl (C=O) groups is 1. The molecule has 1 aliphatic heterocycles. The lowest BCUT2D eigenvalue weighted by Gasteiger charge is -2.14. The number of amides is 2. The number of pyridine rings is 1. The van der Waals surface area contributed by atoms with E-state index in [-0.39, 0.29) is 6.03 Å². The zero-order valence-electron chi connectivity index (χ0n) is 22.2. The van der Waals surface area contributed by atoms with E-state index in [0.29, 0.717) is 11.8 Å². The molecule has 3 fully saturated rings. The first-order chi connectivity index (χ1) is 17.0. The second-order valence-electron chi connectivity index (χ2n) is 8.77. The van der Waals surface area contributed by atoms with E-state index in [9.17, 15) is 4.79 Å². The topological polar surface area (TPSA) is 80.8 Å². The first-order valence-corrected chi connectivity index (χ1v) is 14.0. The number of ether oxygens (including phenoxy) is 1. The maximum atomic E-state index is 11.6. The van der Waals surface area contributed by atoms with Gasteiger partial charge in [-0.2, -0.15) is 4.99 Å². The summed E-state index contributed by atoms with van der Waals surface area (Å²) >= 11 is 1.74. The Hall–Kier alpha value is -2.54. The number of thioether (sulfide) groups is 1. The molecule has 6 nitrogen and oxygen atoms in total. The number of urea groups is 1. The highest BCUT2D eigenvalue weighted by atomic mass is 32.2. The number of hydrogen-bond acceptors (Lipinski definition) is 4. The van der Waals surface area contributed by atoms with Crippen molar-refractivity contribution in [3.8, 4) is 17.0 Å². The Kier molecular flexibility index (Phi) is 12.1. The fraction of sp³-hybridized carbons (Fsp3) is 0.536. The summed E-state index contributed by atoms with van der Waals surface area (Å²) in [6, 6.07) is 12.2. The van der Waals surface area contributed by atoms with Crippen molar-refractivity contribution < 1.29 is 9.53 Å². The van der Waals surface area contributed by atoms with Crippen LogP contribution < -0.4 is 10.5 Å². The van der Waals surface area contributed by atoms with Gasteiger partial charge in [-0.1, -0.05) is 46.2 Å². The molecule has 1 aromatic carbocycles. The number of rotatable bonds is 4. The van der Waals surface area contributed by atoms with Gasteiger partial charge < -0.3 is 15.4 Å². The predicted octanol–water partition coefficient (Wildman–Crippen LogP) is 6.75. The highest BCUT2D eigenvalue weighted by Gasteiger charge is 2.46. The van der Waals surface area contributed by atoms with Crippen LogP contribution in [0.25, 0.3) is 11.3 Å². The molecular formula is C28H42N4O2S. The molecule has 0 spiro atoms. The number of benzene rings is 1. The van der Waals surface area contributed by atoms with Crippen molar-refractivity contribution in [3.63, 3.8) is 0 Å². The van der Waals surface area contributed by atoms with Crippen molar-refractivity contribution in [1.82, 2.24) is 9.88 Å². The van der Waals surface area contributed by atoms with Crippen LogP contribution in [0.5, 0.6) is 5.75 Å². The minimum atomic E-state index is -0.110. The van der Waals surface area contributed by atoms with Crippen LogP contribution in [0.15, 0.2) is 52.5 Å². The van der Waals surface area contributed by atoms with E-state index in [1.807, 2.05) is 30.9 Å². The largest absolute Gasteiger partial charge is 0.495 e. The molecular weight excluding hydrogens is 456 g/mol. The molecule has 2 N–H and O–H groups in total. The Bertz CT molecular complexity index is 871. The number of hydrogen-bond donors (Lipinski definition) is 1. The molecule has 2 aliphatic carbocycles. The van der Waals surface area contributed by atoms with E-state index in [2.05, 4.69) is 54.3 Å². The normalized spacial score (nSPS) is 19.6. The zero-order chi connectivity index (χ0) is 25.8. The van der Waals surface area contributed by atoms with Crippen molar-refractivity contribution in [2.24, 2.45) is 28.5 Å². The minimum Gasteiger partial charge on any atom is -0.495 e. The van der Waals surface area contributed by atoms with Crippen molar-refractivity contribution >= 4 is 23.6 Å². The van der Waals surface area contributed by atoms with Gasteiger partial charge in [0.2, 0.25) is 0 Å². The van der Waals surface area contributed by atoms with Crippen LogP contribution in [-0.4, -0.2) is 48.2 Å². The zero-order valence-corrected chi connectivity index (χ0v) is 23.0. The molecule has 7 heteroatoms. The van der Waals surface area contributed by atoms with E-state index in [1.54, 1.807) is 25.1 Å². The third kappa shape index (κ3) is 9.21. The highest BCUT2D eigenvalue weighted by molar-refractivity contribution is 7.98. The monoisotopic (exact) mass is 498 g/mol. The standard InChI is InChI=1S/C13H13NOS.C10H15N3O.C3H8.C2H6/c1-15-11-5-8-13(14-9-11)10-3-6-12(16-2)7-4-10;11-9(6-1-2-6)12-10(14)13-4-7-3-8(7)5-13;1-3-2;1-2/h3-9H,1-2H3;6-8H,1-5H2,(H2,11,12,14);3H2,1-2H3;1-2H3. The number of methoxy groups -OCH3 is 1. The SMILES string of the molecule is CC.CCC.COc1ccc(-c2ccc(SC)cc2)nc1.N/C(=N\C(=O)N1CC2CC2C1)C1CC1. The van der Waals surface area contributed by atoms with Crippen molar-refractivity contribution in [2.75, 3.05) is 26.5 Å². The van der Waals surface area contributed by atoms with Crippen LogP contribution in [0, 0.1) is 17.8 Å². The summed E-state index contributed by atoms with van der Waals surface area (Å²) in [7, 11) is 1.64. The van der Waals surface area contributed by atoms with E-state index in [4.69, 9.17) is 10.5 Å².